The van der Waals surface area contributed by atoms with Crippen molar-refractivity contribution in [3.05, 3.63) is 42.1 Å². The lowest BCUT2D eigenvalue weighted by Gasteiger charge is -2.13. The van der Waals surface area contributed by atoms with Gasteiger partial charge in [0.25, 0.3) is 0 Å². The maximum Gasteiger partial charge on any atom is 0.161 e. The first-order valence-electron chi connectivity index (χ1n) is 8.01. The number of rotatable bonds is 5. The summed E-state index contributed by atoms with van der Waals surface area (Å²) in [6.45, 7) is 6.30. The first kappa shape index (κ1) is 16.2. The number of nitrogens with one attached hydrogen (secondary N) is 1. The van der Waals surface area contributed by atoms with E-state index in [-0.39, 0.29) is 0 Å². The monoisotopic (exact) mass is 325 g/mol. The molecule has 24 heavy (non-hydrogen) atoms. The van der Waals surface area contributed by atoms with Gasteiger partial charge in [0.15, 0.2) is 11.5 Å². The average molecular weight is 325 g/mol. The normalized spacial score (nSPS) is 11.1. The van der Waals surface area contributed by atoms with E-state index in [1.165, 1.54) is 5.56 Å². The van der Waals surface area contributed by atoms with Gasteiger partial charge in [-0.25, -0.2) is 4.98 Å². The van der Waals surface area contributed by atoms with E-state index in [1.807, 2.05) is 24.4 Å². The van der Waals surface area contributed by atoms with Crippen molar-refractivity contribution in [1.82, 2.24) is 9.38 Å². The first-order valence-corrected chi connectivity index (χ1v) is 8.01. The zero-order valence-corrected chi connectivity index (χ0v) is 14.8. The summed E-state index contributed by atoms with van der Waals surface area (Å²) < 4.78 is 12.8. The molecule has 2 heterocycles. The maximum absolute atomic E-state index is 5.43. The van der Waals surface area contributed by atoms with Crippen LogP contribution in [0.25, 0.3) is 16.9 Å². The number of nitrogens with zero attached hydrogens (tertiary/aromatic N) is 2. The standard InChI is InChI=1S/C19H23N3O2/c1-12(2)20-19-18(21-17-10-13(3)8-9-22(17)19)14-6-7-15(23-4)16(11-14)24-5/h6-12,20H,1-5H3. The molecule has 0 spiro atoms. The molecule has 0 saturated carbocycles. The quantitative estimate of drug-likeness (QED) is 0.765. The molecule has 2 aromatic heterocycles. The molecule has 0 saturated heterocycles. The molecule has 0 radical (unpaired) electrons. The second-order valence-electron chi connectivity index (χ2n) is 6.11. The van der Waals surface area contributed by atoms with Gasteiger partial charge in [0.05, 0.1) is 14.2 Å². The highest BCUT2D eigenvalue weighted by molar-refractivity contribution is 5.78. The smallest absolute Gasteiger partial charge is 0.161 e. The number of benzene rings is 1. The minimum atomic E-state index is 0.296. The van der Waals surface area contributed by atoms with E-state index < -0.39 is 0 Å². The van der Waals surface area contributed by atoms with Crippen molar-refractivity contribution >= 4 is 11.5 Å². The Morgan fingerprint density at radius 2 is 1.79 bits per heavy atom. The van der Waals surface area contributed by atoms with Gasteiger partial charge < -0.3 is 14.8 Å². The molecule has 3 rings (SSSR count). The first-order chi connectivity index (χ1) is 11.5. The van der Waals surface area contributed by atoms with E-state index in [0.29, 0.717) is 17.5 Å². The third-order valence-electron chi connectivity index (χ3n) is 3.86. The Morgan fingerprint density at radius 3 is 2.46 bits per heavy atom. The third-order valence-corrected chi connectivity index (χ3v) is 3.86. The Kier molecular flexibility index (Phi) is 4.34. The van der Waals surface area contributed by atoms with E-state index in [9.17, 15) is 0 Å². The highest BCUT2D eigenvalue weighted by atomic mass is 16.5. The summed E-state index contributed by atoms with van der Waals surface area (Å²) in [6.07, 6.45) is 2.05. The van der Waals surface area contributed by atoms with Crippen molar-refractivity contribution in [2.45, 2.75) is 26.8 Å². The topological polar surface area (TPSA) is 47.8 Å². The van der Waals surface area contributed by atoms with Gasteiger partial charge in [-0.3, -0.25) is 4.40 Å². The molecule has 0 aliphatic heterocycles. The Morgan fingerprint density at radius 1 is 1.04 bits per heavy atom. The number of aromatic nitrogens is 2. The van der Waals surface area contributed by atoms with Crippen LogP contribution in [0.4, 0.5) is 5.82 Å². The fourth-order valence-electron chi connectivity index (χ4n) is 2.74. The summed E-state index contributed by atoms with van der Waals surface area (Å²) in [7, 11) is 3.28. The van der Waals surface area contributed by atoms with E-state index in [0.717, 1.165) is 22.7 Å². The van der Waals surface area contributed by atoms with Crippen LogP contribution in [-0.2, 0) is 0 Å². The summed E-state index contributed by atoms with van der Waals surface area (Å²) in [4.78, 5) is 4.83. The molecule has 1 N–H and O–H groups in total. The molecule has 5 heteroatoms. The van der Waals surface area contributed by atoms with Crippen molar-refractivity contribution < 1.29 is 9.47 Å². The van der Waals surface area contributed by atoms with Crippen LogP contribution in [0.1, 0.15) is 19.4 Å². The van der Waals surface area contributed by atoms with Gasteiger partial charge in [-0.05, 0) is 56.7 Å². The number of hydrogen-bond acceptors (Lipinski definition) is 4. The molecule has 0 aliphatic rings. The number of anilines is 1. The van der Waals surface area contributed by atoms with Gasteiger partial charge >= 0.3 is 0 Å². The SMILES string of the molecule is COc1ccc(-c2nc3cc(C)ccn3c2NC(C)C)cc1OC. The zero-order valence-electron chi connectivity index (χ0n) is 14.8. The van der Waals surface area contributed by atoms with E-state index >= 15 is 0 Å². The van der Waals surface area contributed by atoms with Gasteiger partial charge in [0.1, 0.15) is 17.2 Å². The lowest BCUT2D eigenvalue weighted by Crippen LogP contribution is -2.12. The minimum absolute atomic E-state index is 0.296. The van der Waals surface area contributed by atoms with Crippen LogP contribution in [0.2, 0.25) is 0 Å². The lowest BCUT2D eigenvalue weighted by molar-refractivity contribution is 0.355. The van der Waals surface area contributed by atoms with Crippen LogP contribution in [0.5, 0.6) is 11.5 Å². The van der Waals surface area contributed by atoms with E-state index in [1.54, 1.807) is 14.2 Å². The third kappa shape index (κ3) is 2.89. The van der Waals surface area contributed by atoms with Crippen molar-refractivity contribution in [3.63, 3.8) is 0 Å². The number of imidazole rings is 1. The molecule has 0 fully saturated rings. The number of pyridine rings is 1. The minimum Gasteiger partial charge on any atom is -0.493 e. The summed E-state index contributed by atoms with van der Waals surface area (Å²) >= 11 is 0. The lowest BCUT2D eigenvalue weighted by atomic mass is 10.1. The molecule has 0 aliphatic carbocycles. The molecule has 126 valence electrons. The number of aryl methyl sites for hydroxylation is 1. The van der Waals surface area contributed by atoms with Gasteiger partial charge in [0, 0.05) is 17.8 Å². The van der Waals surface area contributed by atoms with Crippen LogP contribution in [0.15, 0.2) is 36.5 Å². The van der Waals surface area contributed by atoms with Crippen molar-refractivity contribution in [2.75, 3.05) is 19.5 Å². The summed E-state index contributed by atoms with van der Waals surface area (Å²) in [6, 6.07) is 10.3. The maximum atomic E-state index is 5.43. The summed E-state index contributed by atoms with van der Waals surface area (Å²) in [5, 5.41) is 3.51. The fourth-order valence-corrected chi connectivity index (χ4v) is 2.74. The average Bonchev–Trinajstić information content (AvgIpc) is 2.91. The van der Waals surface area contributed by atoms with E-state index in [2.05, 4.69) is 42.6 Å². The van der Waals surface area contributed by atoms with Gasteiger partial charge in [-0.15, -0.1) is 0 Å². The Bertz CT molecular complexity index is 868. The number of fused-ring (bicyclic) bond motifs is 1. The van der Waals surface area contributed by atoms with Crippen molar-refractivity contribution in [1.29, 1.82) is 0 Å². The van der Waals surface area contributed by atoms with Crippen LogP contribution in [0, 0.1) is 6.92 Å². The molecule has 5 nitrogen and oxygen atoms in total. The van der Waals surface area contributed by atoms with Gasteiger partial charge in [-0.1, -0.05) is 0 Å². The zero-order chi connectivity index (χ0) is 17.3. The predicted molar refractivity (Wildman–Crippen MR) is 97.2 cm³/mol. The largest absolute Gasteiger partial charge is 0.493 e. The van der Waals surface area contributed by atoms with Crippen LogP contribution < -0.4 is 14.8 Å². The van der Waals surface area contributed by atoms with Crippen LogP contribution >= 0.6 is 0 Å². The van der Waals surface area contributed by atoms with Crippen molar-refractivity contribution in [2.24, 2.45) is 0 Å². The molecular weight excluding hydrogens is 302 g/mol. The Labute approximate surface area is 142 Å². The number of ether oxygens (including phenoxy) is 2. The second kappa shape index (κ2) is 6.43. The van der Waals surface area contributed by atoms with Crippen LogP contribution in [0.3, 0.4) is 0 Å². The fraction of sp³-hybridized carbons (Fsp3) is 0.316. The molecule has 0 unspecified atom stereocenters. The molecule has 1 aromatic carbocycles. The summed E-state index contributed by atoms with van der Waals surface area (Å²) in [5.74, 6) is 2.38. The Hall–Kier alpha value is -2.69. The highest BCUT2D eigenvalue weighted by Crippen LogP contribution is 2.35. The van der Waals surface area contributed by atoms with Crippen molar-refractivity contribution in [3.8, 4) is 22.8 Å². The number of hydrogen-bond donors (Lipinski definition) is 1. The summed E-state index contributed by atoms with van der Waals surface area (Å²) in [5.41, 5.74) is 3.98. The molecule has 0 amide bonds. The highest BCUT2D eigenvalue weighted by Gasteiger charge is 2.16. The van der Waals surface area contributed by atoms with Gasteiger partial charge in [-0.2, -0.15) is 0 Å². The van der Waals surface area contributed by atoms with Crippen LogP contribution in [-0.4, -0.2) is 29.6 Å². The Balaban J connectivity index is 2.21. The van der Waals surface area contributed by atoms with E-state index in [4.69, 9.17) is 14.5 Å². The predicted octanol–water partition coefficient (Wildman–Crippen LogP) is 4.15. The van der Waals surface area contributed by atoms with Gasteiger partial charge in [0.2, 0.25) is 0 Å². The molecule has 0 atom stereocenters. The molecular formula is C19H23N3O2. The molecule has 0 bridgehead atoms. The second-order valence-corrected chi connectivity index (χ2v) is 6.11. The molecule has 3 aromatic rings. The number of methoxy groups -OCH3 is 2.